The molecule has 0 aromatic carbocycles. The van der Waals surface area contributed by atoms with Crippen LogP contribution in [0, 0.1) is 0 Å². The van der Waals surface area contributed by atoms with Gasteiger partial charge >= 0.3 is 0 Å². The summed E-state index contributed by atoms with van der Waals surface area (Å²) in [6, 6.07) is 5.84. The zero-order chi connectivity index (χ0) is 13.1. The smallest absolute Gasteiger partial charge is 0.274 e. The second-order valence-corrected chi connectivity index (χ2v) is 5.49. The van der Waals surface area contributed by atoms with E-state index in [1.807, 2.05) is 28.5 Å². The fourth-order valence-corrected chi connectivity index (χ4v) is 2.89. The van der Waals surface area contributed by atoms with Gasteiger partial charge in [-0.3, -0.25) is 9.89 Å². The van der Waals surface area contributed by atoms with Crippen LogP contribution in [0.25, 0.3) is 10.6 Å². The Balaban J connectivity index is 0.00000147. The van der Waals surface area contributed by atoms with Gasteiger partial charge in [0.2, 0.25) is 0 Å². The maximum Gasteiger partial charge on any atom is 0.274 e. The van der Waals surface area contributed by atoms with Gasteiger partial charge in [-0.15, -0.1) is 23.7 Å². The average molecular weight is 313 g/mol. The number of amides is 1. The number of aromatic amines is 1. The number of aromatic nitrogens is 2. The van der Waals surface area contributed by atoms with Gasteiger partial charge in [-0.2, -0.15) is 5.10 Å². The lowest BCUT2D eigenvalue weighted by Crippen LogP contribution is -2.34. The molecule has 0 saturated carbocycles. The molecule has 0 unspecified atom stereocenters. The summed E-state index contributed by atoms with van der Waals surface area (Å²) in [5.41, 5.74) is 1.41. The first-order chi connectivity index (χ1) is 9.34. The average Bonchev–Trinajstić information content (AvgIpc) is 3.04. The van der Waals surface area contributed by atoms with E-state index in [1.54, 1.807) is 11.3 Å². The van der Waals surface area contributed by atoms with Gasteiger partial charge in [0.25, 0.3) is 5.91 Å². The molecule has 3 heterocycles. The summed E-state index contributed by atoms with van der Waals surface area (Å²) in [5.74, 6) is 0.0164. The van der Waals surface area contributed by atoms with Crippen LogP contribution in [0.4, 0.5) is 0 Å². The van der Waals surface area contributed by atoms with Crippen LogP contribution < -0.4 is 5.32 Å². The SMILES string of the molecule is Cl.O=C(c1cc(-c2cccs2)[nH]n1)N1CCCNCC1. The van der Waals surface area contributed by atoms with Gasteiger partial charge in [0.1, 0.15) is 0 Å². The van der Waals surface area contributed by atoms with Crippen molar-refractivity contribution in [3.8, 4) is 10.6 Å². The van der Waals surface area contributed by atoms with E-state index in [-0.39, 0.29) is 18.3 Å². The Hall–Kier alpha value is -1.37. The van der Waals surface area contributed by atoms with Crippen molar-refractivity contribution in [2.24, 2.45) is 0 Å². The van der Waals surface area contributed by atoms with Crippen LogP contribution in [0.2, 0.25) is 0 Å². The summed E-state index contributed by atoms with van der Waals surface area (Å²) in [7, 11) is 0. The van der Waals surface area contributed by atoms with E-state index in [4.69, 9.17) is 0 Å². The molecule has 2 N–H and O–H groups in total. The van der Waals surface area contributed by atoms with E-state index >= 15 is 0 Å². The van der Waals surface area contributed by atoms with Crippen LogP contribution in [-0.4, -0.2) is 47.2 Å². The summed E-state index contributed by atoms with van der Waals surface area (Å²) in [5, 5.41) is 12.4. The zero-order valence-electron chi connectivity index (χ0n) is 11.0. The topological polar surface area (TPSA) is 61.0 Å². The van der Waals surface area contributed by atoms with Crippen molar-refractivity contribution in [2.75, 3.05) is 26.2 Å². The highest BCUT2D eigenvalue weighted by atomic mass is 35.5. The molecule has 0 radical (unpaired) electrons. The van der Waals surface area contributed by atoms with Gasteiger partial charge in [0.15, 0.2) is 5.69 Å². The number of rotatable bonds is 2. The Morgan fingerprint density at radius 2 is 2.25 bits per heavy atom. The van der Waals surface area contributed by atoms with Crippen LogP contribution in [0.15, 0.2) is 23.6 Å². The lowest BCUT2D eigenvalue weighted by atomic mass is 10.3. The van der Waals surface area contributed by atoms with E-state index in [0.29, 0.717) is 5.69 Å². The predicted octanol–water partition coefficient (Wildman–Crippen LogP) is 2.00. The molecule has 0 atom stereocenters. The number of nitrogens with one attached hydrogen (secondary N) is 2. The standard InChI is InChI=1S/C13H16N4OS.ClH/c18-13(17-6-2-4-14-5-7-17)11-9-10(15-16-11)12-3-1-8-19-12;/h1,3,8-9,14H,2,4-7H2,(H,15,16);1H. The zero-order valence-corrected chi connectivity index (χ0v) is 12.6. The third-order valence-corrected chi connectivity index (χ3v) is 4.11. The Morgan fingerprint density at radius 1 is 1.35 bits per heavy atom. The number of carbonyl (C=O) groups is 1. The first kappa shape index (κ1) is 15.0. The van der Waals surface area contributed by atoms with E-state index in [2.05, 4.69) is 15.5 Å². The normalized spacial score (nSPS) is 15.5. The lowest BCUT2D eigenvalue weighted by Gasteiger charge is -2.18. The van der Waals surface area contributed by atoms with Crippen molar-refractivity contribution >= 4 is 29.7 Å². The molecule has 0 bridgehead atoms. The third-order valence-electron chi connectivity index (χ3n) is 3.21. The summed E-state index contributed by atoms with van der Waals surface area (Å²) in [4.78, 5) is 15.3. The molecule has 1 amide bonds. The molecule has 1 aliphatic rings. The highest BCUT2D eigenvalue weighted by Crippen LogP contribution is 2.23. The number of H-pyrrole nitrogens is 1. The third kappa shape index (κ3) is 3.20. The van der Waals surface area contributed by atoms with Crippen molar-refractivity contribution in [2.45, 2.75) is 6.42 Å². The molecule has 2 aromatic heterocycles. The van der Waals surface area contributed by atoms with E-state index in [1.165, 1.54) is 0 Å². The highest BCUT2D eigenvalue weighted by molar-refractivity contribution is 7.13. The first-order valence-electron chi connectivity index (χ1n) is 6.44. The number of halogens is 1. The Kier molecular flexibility index (Phi) is 5.17. The second-order valence-electron chi connectivity index (χ2n) is 4.54. The van der Waals surface area contributed by atoms with Crippen LogP contribution in [0.3, 0.4) is 0 Å². The minimum absolute atomic E-state index is 0. The molecule has 2 aromatic rings. The maximum absolute atomic E-state index is 12.4. The van der Waals surface area contributed by atoms with Crippen LogP contribution >= 0.6 is 23.7 Å². The van der Waals surface area contributed by atoms with E-state index in [9.17, 15) is 4.79 Å². The number of nitrogens with zero attached hydrogens (tertiary/aromatic N) is 2. The van der Waals surface area contributed by atoms with Gasteiger partial charge in [0, 0.05) is 19.6 Å². The minimum Gasteiger partial charge on any atom is -0.336 e. The molecule has 108 valence electrons. The van der Waals surface area contributed by atoms with Crippen molar-refractivity contribution in [1.29, 1.82) is 0 Å². The van der Waals surface area contributed by atoms with E-state index in [0.717, 1.165) is 43.2 Å². The fourth-order valence-electron chi connectivity index (χ4n) is 2.20. The van der Waals surface area contributed by atoms with Crippen molar-refractivity contribution in [1.82, 2.24) is 20.4 Å². The molecule has 3 rings (SSSR count). The summed E-state index contributed by atoms with van der Waals surface area (Å²) in [6.07, 6.45) is 0.994. The fraction of sp³-hybridized carbons (Fsp3) is 0.385. The van der Waals surface area contributed by atoms with Gasteiger partial charge in [-0.1, -0.05) is 6.07 Å². The number of thiophene rings is 1. The van der Waals surface area contributed by atoms with Crippen LogP contribution in [0.5, 0.6) is 0 Å². The number of carbonyl (C=O) groups excluding carboxylic acids is 1. The quantitative estimate of drug-likeness (QED) is 0.891. The number of hydrogen-bond acceptors (Lipinski definition) is 4. The molecule has 5 nitrogen and oxygen atoms in total. The molecule has 7 heteroatoms. The number of hydrogen-bond donors (Lipinski definition) is 2. The monoisotopic (exact) mass is 312 g/mol. The minimum atomic E-state index is 0. The summed E-state index contributed by atoms with van der Waals surface area (Å²) < 4.78 is 0. The largest absolute Gasteiger partial charge is 0.336 e. The molecule has 1 saturated heterocycles. The molecule has 0 aliphatic carbocycles. The van der Waals surface area contributed by atoms with Gasteiger partial charge in [-0.25, -0.2) is 0 Å². The highest BCUT2D eigenvalue weighted by Gasteiger charge is 2.20. The Morgan fingerprint density at radius 3 is 3.05 bits per heavy atom. The van der Waals surface area contributed by atoms with E-state index < -0.39 is 0 Å². The second kappa shape index (κ2) is 6.88. The predicted molar refractivity (Wildman–Crippen MR) is 82.5 cm³/mol. The lowest BCUT2D eigenvalue weighted by molar-refractivity contribution is 0.0760. The summed E-state index contributed by atoms with van der Waals surface area (Å²) in [6.45, 7) is 3.38. The molecule has 1 fully saturated rings. The molecular formula is C13H17ClN4OS. The van der Waals surface area contributed by atoms with Crippen molar-refractivity contribution in [3.05, 3.63) is 29.3 Å². The molecular weight excluding hydrogens is 296 g/mol. The molecule has 20 heavy (non-hydrogen) atoms. The van der Waals surface area contributed by atoms with Crippen LogP contribution in [-0.2, 0) is 0 Å². The molecule has 1 aliphatic heterocycles. The van der Waals surface area contributed by atoms with Gasteiger partial charge in [-0.05, 0) is 30.5 Å². The van der Waals surface area contributed by atoms with Crippen molar-refractivity contribution < 1.29 is 4.79 Å². The van der Waals surface area contributed by atoms with Gasteiger partial charge in [0.05, 0.1) is 10.6 Å². The van der Waals surface area contributed by atoms with Crippen molar-refractivity contribution in [3.63, 3.8) is 0 Å². The molecule has 0 spiro atoms. The summed E-state index contributed by atoms with van der Waals surface area (Å²) >= 11 is 1.63. The Bertz CT molecular complexity index is 546. The maximum atomic E-state index is 12.4. The van der Waals surface area contributed by atoms with Gasteiger partial charge < -0.3 is 10.2 Å². The Labute approximate surface area is 127 Å². The first-order valence-corrected chi connectivity index (χ1v) is 7.32. The van der Waals surface area contributed by atoms with Crippen LogP contribution in [0.1, 0.15) is 16.9 Å².